The molecule has 2 unspecified atom stereocenters. The number of rotatable bonds is 6. The zero-order chi connectivity index (χ0) is 14.4. The van der Waals surface area contributed by atoms with Gasteiger partial charge in [0, 0.05) is 25.1 Å². The van der Waals surface area contributed by atoms with E-state index < -0.39 is 18.0 Å². The number of aliphatic hydroxyl groups excluding tert-OH is 2. The van der Waals surface area contributed by atoms with Gasteiger partial charge in [-0.3, -0.25) is 4.79 Å². The number of aliphatic hydroxyl groups is 2. The summed E-state index contributed by atoms with van der Waals surface area (Å²) in [4.78, 5) is 10.7. The van der Waals surface area contributed by atoms with Gasteiger partial charge in [-0.25, -0.2) is 4.39 Å². The fraction of sp³-hybridized carbons (Fsp3) is 0.462. The molecule has 6 heteroatoms. The summed E-state index contributed by atoms with van der Waals surface area (Å²) in [5.74, 6) is -0.647. The molecule has 1 amide bonds. The normalized spacial score (nSPS) is 13.7. The van der Waals surface area contributed by atoms with Crippen LogP contribution < -0.4 is 10.1 Å². The Bertz CT molecular complexity index is 439. The van der Waals surface area contributed by atoms with Crippen LogP contribution in [0.4, 0.5) is 4.39 Å². The Morgan fingerprint density at radius 3 is 2.68 bits per heavy atom. The average Bonchev–Trinajstić information content (AvgIpc) is 2.35. The van der Waals surface area contributed by atoms with Crippen LogP contribution in [0, 0.1) is 5.82 Å². The Hall–Kier alpha value is -1.66. The highest BCUT2D eigenvalue weighted by atomic mass is 19.1. The Labute approximate surface area is 111 Å². The topological polar surface area (TPSA) is 78.8 Å². The number of nitrogens with one attached hydrogen (secondary N) is 1. The molecule has 2 atom stereocenters. The van der Waals surface area contributed by atoms with E-state index in [1.807, 2.05) is 0 Å². The highest BCUT2D eigenvalue weighted by Gasteiger charge is 2.22. The summed E-state index contributed by atoms with van der Waals surface area (Å²) in [5.41, 5.74) is -0.0405. The molecule has 0 spiro atoms. The quantitative estimate of drug-likeness (QED) is 0.713. The Balaban J connectivity index is 2.75. The molecule has 1 rings (SSSR count). The lowest BCUT2D eigenvalue weighted by atomic mass is 10.0. The first kappa shape index (κ1) is 15.4. The van der Waals surface area contributed by atoms with Crippen molar-refractivity contribution in [2.45, 2.75) is 26.1 Å². The first-order valence-electron chi connectivity index (χ1n) is 5.98. The van der Waals surface area contributed by atoms with Crippen molar-refractivity contribution in [2.75, 3.05) is 13.2 Å². The smallest absolute Gasteiger partial charge is 0.216 e. The van der Waals surface area contributed by atoms with Crippen molar-refractivity contribution in [3.63, 3.8) is 0 Å². The van der Waals surface area contributed by atoms with Crippen molar-refractivity contribution in [2.24, 2.45) is 0 Å². The highest BCUT2D eigenvalue weighted by Crippen LogP contribution is 2.24. The second kappa shape index (κ2) is 7.06. The van der Waals surface area contributed by atoms with Gasteiger partial charge in [0.1, 0.15) is 23.8 Å². The summed E-state index contributed by atoms with van der Waals surface area (Å²) in [6.07, 6.45) is -2.70. The molecule has 0 saturated carbocycles. The van der Waals surface area contributed by atoms with E-state index in [1.165, 1.54) is 19.1 Å². The van der Waals surface area contributed by atoms with Crippen LogP contribution in [-0.4, -0.2) is 35.4 Å². The van der Waals surface area contributed by atoms with Gasteiger partial charge >= 0.3 is 0 Å². The molecule has 0 aliphatic heterocycles. The first-order chi connectivity index (χ1) is 8.95. The van der Waals surface area contributed by atoms with Gasteiger partial charge in [0.05, 0.1) is 6.61 Å². The van der Waals surface area contributed by atoms with Crippen molar-refractivity contribution in [1.82, 2.24) is 5.32 Å². The lowest BCUT2D eigenvalue weighted by Gasteiger charge is -2.19. The molecule has 1 aromatic rings. The first-order valence-corrected chi connectivity index (χ1v) is 5.98. The summed E-state index contributed by atoms with van der Waals surface area (Å²) < 4.78 is 18.9. The van der Waals surface area contributed by atoms with Crippen LogP contribution >= 0.6 is 0 Å². The summed E-state index contributed by atoms with van der Waals surface area (Å²) in [6, 6.07) is 4.01. The standard InChI is InChI=1S/C13H18FNO4/c1-3-19-9-4-5-10(11(14)6-9)13(18)12(17)7-15-8(2)16/h4-6,12-13,17-18H,3,7H2,1-2H3,(H,15,16). The minimum Gasteiger partial charge on any atom is -0.494 e. The van der Waals surface area contributed by atoms with Crippen molar-refractivity contribution in [3.05, 3.63) is 29.6 Å². The van der Waals surface area contributed by atoms with Crippen molar-refractivity contribution in [3.8, 4) is 5.75 Å². The van der Waals surface area contributed by atoms with Gasteiger partial charge in [-0.15, -0.1) is 0 Å². The number of benzene rings is 1. The minimum absolute atomic E-state index is 0.0405. The zero-order valence-electron chi connectivity index (χ0n) is 10.9. The van der Waals surface area contributed by atoms with Gasteiger partial charge in [-0.1, -0.05) is 0 Å². The van der Waals surface area contributed by atoms with Crippen LogP contribution in [0.3, 0.4) is 0 Å². The number of hydrogen-bond donors (Lipinski definition) is 3. The van der Waals surface area contributed by atoms with E-state index in [4.69, 9.17) is 4.74 Å². The highest BCUT2D eigenvalue weighted by molar-refractivity contribution is 5.72. The number of carbonyl (C=O) groups excluding carboxylic acids is 1. The van der Waals surface area contributed by atoms with E-state index >= 15 is 0 Å². The maximum Gasteiger partial charge on any atom is 0.216 e. The molecule has 0 saturated heterocycles. The number of carbonyl (C=O) groups is 1. The molecule has 0 radical (unpaired) electrons. The number of hydrogen-bond acceptors (Lipinski definition) is 4. The third-order valence-electron chi connectivity index (χ3n) is 2.53. The van der Waals surface area contributed by atoms with E-state index in [0.717, 1.165) is 6.07 Å². The molecule has 5 nitrogen and oxygen atoms in total. The van der Waals surface area contributed by atoms with E-state index in [-0.39, 0.29) is 18.0 Å². The van der Waals surface area contributed by atoms with Crippen LogP contribution in [0.25, 0.3) is 0 Å². The maximum atomic E-state index is 13.7. The molecular weight excluding hydrogens is 253 g/mol. The molecule has 0 bridgehead atoms. The van der Waals surface area contributed by atoms with Crippen LogP contribution in [0.1, 0.15) is 25.5 Å². The molecule has 0 fully saturated rings. The fourth-order valence-electron chi connectivity index (χ4n) is 1.57. The second-order valence-corrected chi connectivity index (χ2v) is 4.07. The Morgan fingerprint density at radius 2 is 2.16 bits per heavy atom. The van der Waals surface area contributed by atoms with Gasteiger partial charge in [0.25, 0.3) is 0 Å². The predicted octanol–water partition coefficient (Wildman–Crippen LogP) is 0.755. The Morgan fingerprint density at radius 1 is 1.47 bits per heavy atom. The molecule has 0 aliphatic rings. The van der Waals surface area contributed by atoms with Crippen LogP contribution in [-0.2, 0) is 4.79 Å². The fourth-order valence-corrected chi connectivity index (χ4v) is 1.57. The molecule has 0 heterocycles. The lowest BCUT2D eigenvalue weighted by molar-refractivity contribution is -0.119. The average molecular weight is 271 g/mol. The van der Waals surface area contributed by atoms with Gasteiger partial charge < -0.3 is 20.3 Å². The van der Waals surface area contributed by atoms with Crippen molar-refractivity contribution in [1.29, 1.82) is 0 Å². The third kappa shape index (κ3) is 4.50. The molecule has 0 aromatic heterocycles. The van der Waals surface area contributed by atoms with Gasteiger partial charge in [-0.05, 0) is 19.1 Å². The minimum atomic E-state index is -1.41. The maximum absolute atomic E-state index is 13.7. The van der Waals surface area contributed by atoms with E-state index in [2.05, 4.69) is 5.32 Å². The third-order valence-corrected chi connectivity index (χ3v) is 2.53. The van der Waals surface area contributed by atoms with Crippen LogP contribution in [0.2, 0.25) is 0 Å². The largest absolute Gasteiger partial charge is 0.494 e. The summed E-state index contributed by atoms with van der Waals surface area (Å²) >= 11 is 0. The van der Waals surface area contributed by atoms with E-state index in [9.17, 15) is 19.4 Å². The van der Waals surface area contributed by atoms with Gasteiger partial charge in [0.2, 0.25) is 5.91 Å². The summed E-state index contributed by atoms with van der Waals surface area (Å²) in [7, 11) is 0. The molecular formula is C13H18FNO4. The number of amides is 1. The SMILES string of the molecule is CCOc1ccc(C(O)C(O)CNC(C)=O)c(F)c1. The van der Waals surface area contributed by atoms with Gasteiger partial charge in [0.15, 0.2) is 0 Å². The van der Waals surface area contributed by atoms with Crippen molar-refractivity contribution < 1.29 is 24.1 Å². The number of ether oxygens (including phenoxy) is 1. The van der Waals surface area contributed by atoms with E-state index in [1.54, 1.807) is 6.92 Å². The number of halogens is 1. The Kier molecular flexibility index (Phi) is 5.72. The molecule has 106 valence electrons. The summed E-state index contributed by atoms with van der Waals surface area (Å²) in [5, 5.41) is 21.8. The van der Waals surface area contributed by atoms with Crippen molar-refractivity contribution >= 4 is 5.91 Å². The van der Waals surface area contributed by atoms with Crippen LogP contribution in [0.5, 0.6) is 5.75 Å². The monoisotopic (exact) mass is 271 g/mol. The molecule has 3 N–H and O–H groups in total. The molecule has 1 aromatic carbocycles. The second-order valence-electron chi connectivity index (χ2n) is 4.07. The summed E-state index contributed by atoms with van der Waals surface area (Å²) in [6.45, 7) is 3.32. The molecule has 0 aliphatic carbocycles. The van der Waals surface area contributed by atoms with Gasteiger partial charge in [-0.2, -0.15) is 0 Å². The lowest BCUT2D eigenvalue weighted by Crippen LogP contribution is -2.34. The zero-order valence-corrected chi connectivity index (χ0v) is 10.9. The van der Waals surface area contributed by atoms with Crippen LogP contribution in [0.15, 0.2) is 18.2 Å². The predicted molar refractivity (Wildman–Crippen MR) is 67.2 cm³/mol. The van der Waals surface area contributed by atoms with E-state index in [0.29, 0.717) is 12.4 Å². The molecule has 19 heavy (non-hydrogen) atoms.